The van der Waals surface area contributed by atoms with E-state index >= 15 is 0 Å². The van der Waals surface area contributed by atoms with E-state index in [1.807, 2.05) is 11.8 Å². The maximum atomic E-state index is 11.8. The van der Waals surface area contributed by atoms with Crippen molar-refractivity contribution in [2.45, 2.75) is 39.5 Å². The molecule has 106 valence electrons. The van der Waals surface area contributed by atoms with E-state index < -0.39 is 0 Å². The Bertz CT molecular complexity index is 230. The van der Waals surface area contributed by atoms with Crippen LogP contribution in [-0.4, -0.2) is 37.0 Å². The van der Waals surface area contributed by atoms with Gasteiger partial charge in [0.05, 0.1) is 0 Å². The highest BCUT2D eigenvalue weighted by Crippen LogP contribution is 2.22. The molecule has 2 unspecified atom stereocenters. The molecule has 0 saturated carbocycles. The highest BCUT2D eigenvalue weighted by atomic mass is 32.2. The Morgan fingerprint density at radius 1 is 1.56 bits per heavy atom. The third-order valence-corrected chi connectivity index (χ3v) is 4.62. The molecule has 0 spiro atoms. The highest BCUT2D eigenvalue weighted by Gasteiger charge is 2.21. The summed E-state index contributed by atoms with van der Waals surface area (Å²) in [6.45, 7) is 7.45. The molecule has 0 aromatic rings. The fraction of sp³-hybridized carbons (Fsp3) is 0.929. The van der Waals surface area contributed by atoms with Gasteiger partial charge in [0, 0.05) is 13.0 Å². The molecule has 0 radical (unpaired) electrons. The molecule has 4 heteroatoms. The van der Waals surface area contributed by atoms with Crippen molar-refractivity contribution in [3.63, 3.8) is 0 Å². The van der Waals surface area contributed by atoms with Gasteiger partial charge in [-0.2, -0.15) is 11.8 Å². The number of thioether (sulfide) groups is 1. The molecule has 0 aliphatic carbocycles. The number of rotatable bonds is 8. The lowest BCUT2D eigenvalue weighted by molar-refractivity contribution is -0.122. The van der Waals surface area contributed by atoms with Gasteiger partial charge < -0.3 is 10.6 Å². The maximum Gasteiger partial charge on any atom is 0.220 e. The second-order valence-corrected chi connectivity index (χ2v) is 6.58. The lowest BCUT2D eigenvalue weighted by atomic mass is 9.85. The van der Waals surface area contributed by atoms with E-state index in [0.717, 1.165) is 31.8 Å². The van der Waals surface area contributed by atoms with Crippen LogP contribution in [-0.2, 0) is 4.79 Å². The first kappa shape index (κ1) is 15.8. The minimum Gasteiger partial charge on any atom is -0.356 e. The Hall–Kier alpha value is -0.220. The van der Waals surface area contributed by atoms with E-state index in [-0.39, 0.29) is 5.91 Å². The van der Waals surface area contributed by atoms with Crippen molar-refractivity contribution in [1.29, 1.82) is 0 Å². The van der Waals surface area contributed by atoms with Crippen molar-refractivity contribution in [2.75, 3.05) is 31.1 Å². The van der Waals surface area contributed by atoms with Crippen LogP contribution in [0.15, 0.2) is 0 Å². The van der Waals surface area contributed by atoms with Gasteiger partial charge >= 0.3 is 0 Å². The van der Waals surface area contributed by atoms with Crippen LogP contribution in [0.25, 0.3) is 0 Å². The van der Waals surface area contributed by atoms with Gasteiger partial charge in [0.25, 0.3) is 0 Å². The zero-order valence-electron chi connectivity index (χ0n) is 11.8. The normalized spacial score (nSPS) is 21.6. The van der Waals surface area contributed by atoms with Gasteiger partial charge in [-0.15, -0.1) is 0 Å². The monoisotopic (exact) mass is 272 g/mol. The summed E-state index contributed by atoms with van der Waals surface area (Å²) in [4.78, 5) is 11.8. The van der Waals surface area contributed by atoms with E-state index in [1.165, 1.54) is 18.6 Å². The summed E-state index contributed by atoms with van der Waals surface area (Å²) in [5, 5.41) is 6.46. The molecule has 1 amide bonds. The fourth-order valence-electron chi connectivity index (χ4n) is 2.44. The van der Waals surface area contributed by atoms with Crippen LogP contribution in [0.5, 0.6) is 0 Å². The molecule has 2 atom stereocenters. The Labute approximate surface area is 116 Å². The molecule has 18 heavy (non-hydrogen) atoms. The van der Waals surface area contributed by atoms with Crippen molar-refractivity contribution >= 4 is 17.7 Å². The van der Waals surface area contributed by atoms with E-state index in [1.54, 1.807) is 0 Å². The SMILES string of the molecule is CCSCCCNC(=O)CC(C)C1CCCNC1. The van der Waals surface area contributed by atoms with Gasteiger partial charge in [0.1, 0.15) is 0 Å². The first-order chi connectivity index (χ1) is 8.74. The lowest BCUT2D eigenvalue weighted by Gasteiger charge is -2.28. The lowest BCUT2D eigenvalue weighted by Crippen LogP contribution is -2.35. The summed E-state index contributed by atoms with van der Waals surface area (Å²) >= 11 is 1.94. The van der Waals surface area contributed by atoms with Gasteiger partial charge in [0.2, 0.25) is 5.91 Å². The van der Waals surface area contributed by atoms with E-state index in [2.05, 4.69) is 24.5 Å². The molecule has 0 aromatic carbocycles. The fourth-order valence-corrected chi connectivity index (χ4v) is 3.08. The van der Waals surface area contributed by atoms with Crippen LogP contribution in [0.4, 0.5) is 0 Å². The minimum absolute atomic E-state index is 0.231. The van der Waals surface area contributed by atoms with Gasteiger partial charge in [-0.3, -0.25) is 4.79 Å². The molecule has 1 heterocycles. The Balaban J connectivity index is 2.07. The number of hydrogen-bond acceptors (Lipinski definition) is 3. The summed E-state index contributed by atoms with van der Waals surface area (Å²) in [5.41, 5.74) is 0. The van der Waals surface area contributed by atoms with Crippen LogP contribution in [0.3, 0.4) is 0 Å². The van der Waals surface area contributed by atoms with Crippen LogP contribution in [0.1, 0.15) is 39.5 Å². The third-order valence-electron chi connectivity index (χ3n) is 3.64. The average Bonchev–Trinajstić information content (AvgIpc) is 2.39. The zero-order chi connectivity index (χ0) is 13.2. The summed E-state index contributed by atoms with van der Waals surface area (Å²) in [7, 11) is 0. The average molecular weight is 272 g/mol. The first-order valence-corrected chi connectivity index (χ1v) is 8.44. The number of nitrogens with one attached hydrogen (secondary N) is 2. The number of carbonyl (C=O) groups excluding carboxylic acids is 1. The third kappa shape index (κ3) is 6.64. The smallest absolute Gasteiger partial charge is 0.220 e. The number of amides is 1. The van der Waals surface area contributed by atoms with Crippen LogP contribution < -0.4 is 10.6 Å². The second-order valence-electron chi connectivity index (χ2n) is 5.19. The Morgan fingerprint density at radius 3 is 3.06 bits per heavy atom. The quantitative estimate of drug-likeness (QED) is 0.666. The van der Waals surface area contributed by atoms with Crippen molar-refractivity contribution in [3.8, 4) is 0 Å². The maximum absolute atomic E-state index is 11.8. The van der Waals surface area contributed by atoms with Crippen LogP contribution in [0.2, 0.25) is 0 Å². The van der Waals surface area contributed by atoms with Crippen molar-refractivity contribution in [2.24, 2.45) is 11.8 Å². The standard InChI is InChI=1S/C14H28N2OS/c1-3-18-9-5-8-16-14(17)10-12(2)13-6-4-7-15-11-13/h12-13,15H,3-11H2,1-2H3,(H,16,17). The molecule has 2 N–H and O–H groups in total. The first-order valence-electron chi connectivity index (χ1n) is 7.29. The van der Waals surface area contributed by atoms with Crippen LogP contribution in [0, 0.1) is 11.8 Å². The highest BCUT2D eigenvalue weighted by molar-refractivity contribution is 7.99. The molecule has 1 aliphatic heterocycles. The summed E-state index contributed by atoms with van der Waals surface area (Å²) in [6.07, 6.45) is 4.30. The molecular formula is C14H28N2OS. The molecular weight excluding hydrogens is 244 g/mol. The summed E-state index contributed by atoms with van der Waals surface area (Å²) in [6, 6.07) is 0. The van der Waals surface area contributed by atoms with Crippen molar-refractivity contribution in [1.82, 2.24) is 10.6 Å². The van der Waals surface area contributed by atoms with Crippen molar-refractivity contribution < 1.29 is 4.79 Å². The molecule has 0 aromatic heterocycles. The summed E-state index contributed by atoms with van der Waals surface area (Å²) < 4.78 is 0. The molecule has 1 aliphatic rings. The summed E-state index contributed by atoms with van der Waals surface area (Å²) in [5.74, 6) is 3.73. The molecule has 1 fully saturated rings. The number of hydrogen-bond donors (Lipinski definition) is 2. The van der Waals surface area contributed by atoms with E-state index in [0.29, 0.717) is 18.3 Å². The number of piperidine rings is 1. The van der Waals surface area contributed by atoms with Gasteiger partial charge in [-0.25, -0.2) is 0 Å². The topological polar surface area (TPSA) is 41.1 Å². The van der Waals surface area contributed by atoms with Gasteiger partial charge in [-0.1, -0.05) is 13.8 Å². The predicted molar refractivity (Wildman–Crippen MR) is 80.0 cm³/mol. The number of carbonyl (C=O) groups is 1. The van der Waals surface area contributed by atoms with Gasteiger partial charge in [-0.05, 0) is 55.7 Å². The Morgan fingerprint density at radius 2 is 2.39 bits per heavy atom. The second kappa shape index (κ2) is 9.68. The minimum atomic E-state index is 0.231. The van der Waals surface area contributed by atoms with Crippen LogP contribution >= 0.6 is 11.8 Å². The van der Waals surface area contributed by atoms with E-state index in [4.69, 9.17) is 0 Å². The zero-order valence-corrected chi connectivity index (χ0v) is 12.7. The molecule has 1 saturated heterocycles. The molecule has 1 rings (SSSR count). The predicted octanol–water partition coefficient (Wildman–Crippen LogP) is 2.27. The van der Waals surface area contributed by atoms with Gasteiger partial charge in [0.15, 0.2) is 0 Å². The largest absolute Gasteiger partial charge is 0.356 e. The molecule has 3 nitrogen and oxygen atoms in total. The van der Waals surface area contributed by atoms with Crippen molar-refractivity contribution in [3.05, 3.63) is 0 Å². The molecule has 0 bridgehead atoms. The van der Waals surface area contributed by atoms with E-state index in [9.17, 15) is 4.79 Å². The Kier molecular flexibility index (Phi) is 8.51.